The topological polar surface area (TPSA) is 78.9 Å². The van der Waals surface area contributed by atoms with E-state index in [1.165, 1.54) is 225 Å². The molecule has 0 aliphatic carbocycles. The molecule has 0 bridgehead atoms. The fourth-order valence-corrected chi connectivity index (χ4v) is 10.5. The lowest BCUT2D eigenvalue weighted by atomic mass is 10.0. The van der Waals surface area contributed by atoms with Crippen molar-refractivity contribution in [2.75, 3.05) is 13.2 Å². The van der Waals surface area contributed by atoms with E-state index in [9.17, 15) is 14.4 Å². The van der Waals surface area contributed by atoms with Gasteiger partial charge >= 0.3 is 17.9 Å². The molecule has 0 heterocycles. The Morgan fingerprint density at radius 1 is 0.259 bits per heavy atom. The molecule has 81 heavy (non-hydrogen) atoms. The van der Waals surface area contributed by atoms with E-state index in [2.05, 4.69) is 93.7 Å². The van der Waals surface area contributed by atoms with Crippen LogP contribution in [0.4, 0.5) is 0 Å². The van der Waals surface area contributed by atoms with Crippen molar-refractivity contribution >= 4 is 17.9 Å². The molecule has 0 amide bonds. The molecule has 470 valence electrons. The van der Waals surface area contributed by atoms with E-state index in [0.717, 1.165) is 103 Å². The highest BCUT2D eigenvalue weighted by molar-refractivity contribution is 5.71. The third-order valence-electron chi connectivity index (χ3n) is 15.7. The predicted molar refractivity (Wildman–Crippen MR) is 353 cm³/mol. The zero-order valence-electron chi connectivity index (χ0n) is 54.1. The van der Waals surface area contributed by atoms with Gasteiger partial charge in [0.15, 0.2) is 6.10 Å². The van der Waals surface area contributed by atoms with E-state index in [1.54, 1.807) is 0 Å². The summed E-state index contributed by atoms with van der Waals surface area (Å²) >= 11 is 0. The van der Waals surface area contributed by atoms with Crippen LogP contribution in [-0.2, 0) is 28.6 Å². The minimum absolute atomic E-state index is 0.0705. The molecule has 6 nitrogen and oxygen atoms in total. The van der Waals surface area contributed by atoms with E-state index in [1.807, 2.05) is 0 Å². The molecule has 6 heteroatoms. The van der Waals surface area contributed by atoms with Gasteiger partial charge in [-0.3, -0.25) is 14.4 Å². The second kappa shape index (κ2) is 69.3. The summed E-state index contributed by atoms with van der Waals surface area (Å²) in [5.74, 6) is -0.864. The maximum Gasteiger partial charge on any atom is 0.306 e. The summed E-state index contributed by atoms with van der Waals surface area (Å²) in [6, 6.07) is 0. The zero-order valence-corrected chi connectivity index (χ0v) is 54.1. The van der Waals surface area contributed by atoms with Gasteiger partial charge in [-0.25, -0.2) is 0 Å². The van der Waals surface area contributed by atoms with Gasteiger partial charge in [-0.1, -0.05) is 351 Å². The molecule has 0 radical (unpaired) electrons. The fraction of sp³-hybridized carbons (Fsp3) is 0.800. The summed E-state index contributed by atoms with van der Waals surface area (Å²) in [7, 11) is 0. The molecule has 1 atom stereocenters. The van der Waals surface area contributed by atoms with Crippen LogP contribution in [0.3, 0.4) is 0 Å². The summed E-state index contributed by atoms with van der Waals surface area (Å²) in [6.07, 6.45) is 91.3. The molecule has 0 fully saturated rings. The summed E-state index contributed by atoms with van der Waals surface area (Å²) in [5.41, 5.74) is 0. The van der Waals surface area contributed by atoms with Crippen LogP contribution in [0.2, 0.25) is 0 Å². The Labute approximate surface area is 503 Å². The van der Waals surface area contributed by atoms with Crippen LogP contribution < -0.4 is 0 Å². The van der Waals surface area contributed by atoms with E-state index in [-0.39, 0.29) is 31.1 Å². The smallest absolute Gasteiger partial charge is 0.306 e. The van der Waals surface area contributed by atoms with Gasteiger partial charge in [0.1, 0.15) is 13.2 Å². The summed E-state index contributed by atoms with van der Waals surface area (Å²) in [6.45, 7) is 6.50. The molecule has 0 aromatic heterocycles. The predicted octanol–water partition coefficient (Wildman–Crippen LogP) is 24.4. The van der Waals surface area contributed by atoms with Crippen molar-refractivity contribution in [1.82, 2.24) is 0 Å². The van der Waals surface area contributed by atoms with Crippen LogP contribution in [-0.4, -0.2) is 37.2 Å². The lowest BCUT2D eigenvalue weighted by Crippen LogP contribution is -2.30. The standard InChI is InChI=1S/C75H134O6/c1-4-7-10-13-15-17-19-21-23-25-27-29-31-33-34-35-36-37-38-39-40-42-43-45-47-49-51-53-55-57-59-62-65-68-74(77)80-71-72(70-79-73(76)67-64-61-12-9-6-3)81-75(78)69-66-63-60-58-56-54-52-50-48-46-44-41-32-30-28-26-24-22-20-18-16-14-11-8-5-2/h7,10,15,17,21,23,27,29,33-34,36-37,72H,4-6,8-9,11-14,16,18-20,22,24-26,28,30-32,35,38-71H2,1-3H3/b10-7-,17-15-,23-21-,29-27-,34-33-,37-36-. The highest BCUT2D eigenvalue weighted by Crippen LogP contribution is 2.18. The summed E-state index contributed by atoms with van der Waals surface area (Å²) < 4.78 is 16.8. The Bertz CT molecular complexity index is 1490. The number of esters is 3. The average molecular weight is 1130 g/mol. The third kappa shape index (κ3) is 67.5. The van der Waals surface area contributed by atoms with E-state index in [0.29, 0.717) is 19.3 Å². The minimum Gasteiger partial charge on any atom is -0.462 e. The molecule has 0 saturated carbocycles. The van der Waals surface area contributed by atoms with Crippen molar-refractivity contribution in [2.45, 2.75) is 374 Å². The van der Waals surface area contributed by atoms with Crippen LogP contribution in [0.25, 0.3) is 0 Å². The van der Waals surface area contributed by atoms with Crippen LogP contribution in [0.15, 0.2) is 72.9 Å². The first-order valence-electron chi connectivity index (χ1n) is 35.4. The van der Waals surface area contributed by atoms with Gasteiger partial charge < -0.3 is 14.2 Å². The van der Waals surface area contributed by atoms with Crippen molar-refractivity contribution in [3.05, 3.63) is 72.9 Å². The quantitative estimate of drug-likeness (QED) is 0.0261. The fourth-order valence-electron chi connectivity index (χ4n) is 10.5. The van der Waals surface area contributed by atoms with Gasteiger partial charge in [-0.05, 0) is 70.6 Å². The van der Waals surface area contributed by atoms with Crippen LogP contribution >= 0.6 is 0 Å². The van der Waals surface area contributed by atoms with E-state index >= 15 is 0 Å². The maximum absolute atomic E-state index is 12.9. The van der Waals surface area contributed by atoms with Gasteiger partial charge in [0.05, 0.1) is 0 Å². The molecule has 0 aliphatic rings. The molecule has 0 aromatic rings. The number of rotatable bonds is 65. The van der Waals surface area contributed by atoms with Crippen molar-refractivity contribution in [2.24, 2.45) is 0 Å². The normalized spacial score (nSPS) is 12.5. The van der Waals surface area contributed by atoms with E-state index in [4.69, 9.17) is 14.2 Å². The first kappa shape index (κ1) is 77.9. The van der Waals surface area contributed by atoms with E-state index < -0.39 is 6.10 Å². The highest BCUT2D eigenvalue weighted by Gasteiger charge is 2.19. The Hall–Kier alpha value is -3.15. The van der Waals surface area contributed by atoms with Gasteiger partial charge in [0, 0.05) is 19.3 Å². The average Bonchev–Trinajstić information content (AvgIpc) is 3.47. The lowest BCUT2D eigenvalue weighted by molar-refractivity contribution is -0.167. The van der Waals surface area contributed by atoms with Crippen LogP contribution in [0.1, 0.15) is 367 Å². The number of hydrogen-bond acceptors (Lipinski definition) is 6. The number of hydrogen-bond donors (Lipinski definition) is 0. The van der Waals surface area contributed by atoms with Crippen LogP contribution in [0, 0.1) is 0 Å². The Morgan fingerprint density at radius 3 is 0.753 bits per heavy atom. The van der Waals surface area contributed by atoms with Crippen molar-refractivity contribution in [1.29, 1.82) is 0 Å². The molecule has 0 N–H and O–H groups in total. The number of carbonyl (C=O) groups excluding carboxylic acids is 3. The van der Waals surface area contributed by atoms with Crippen LogP contribution in [0.5, 0.6) is 0 Å². The monoisotopic (exact) mass is 1130 g/mol. The van der Waals surface area contributed by atoms with Gasteiger partial charge in [-0.15, -0.1) is 0 Å². The number of unbranched alkanes of at least 4 members (excludes halogenated alkanes) is 42. The largest absolute Gasteiger partial charge is 0.462 e. The molecular formula is C75H134O6. The van der Waals surface area contributed by atoms with Crippen molar-refractivity contribution < 1.29 is 28.6 Å². The molecule has 0 spiro atoms. The molecular weight excluding hydrogens is 997 g/mol. The summed E-state index contributed by atoms with van der Waals surface area (Å²) in [4.78, 5) is 38.0. The lowest BCUT2D eigenvalue weighted by Gasteiger charge is -2.18. The second-order valence-electron chi connectivity index (χ2n) is 23.8. The number of ether oxygens (including phenoxy) is 3. The first-order valence-corrected chi connectivity index (χ1v) is 35.4. The van der Waals surface area contributed by atoms with Gasteiger partial charge in [0.2, 0.25) is 0 Å². The third-order valence-corrected chi connectivity index (χ3v) is 15.7. The van der Waals surface area contributed by atoms with Crippen molar-refractivity contribution in [3.8, 4) is 0 Å². The summed E-state index contributed by atoms with van der Waals surface area (Å²) in [5, 5.41) is 0. The molecule has 0 saturated heterocycles. The minimum atomic E-state index is -0.769. The Balaban J connectivity index is 3.95. The second-order valence-corrected chi connectivity index (χ2v) is 23.8. The SMILES string of the molecule is CC/C=C\C/C=C\C/C=C\C/C=C\C/C=C\C/C=C\CCCCCCCCCCCCCCCCC(=O)OCC(COC(=O)CCCCCCC)OC(=O)CCCCCCCCCCCCCCCCCCCCCCCCCCC. The maximum atomic E-state index is 12.9. The Kier molecular flexibility index (Phi) is 66.6. The molecule has 0 rings (SSSR count). The molecule has 0 aromatic carbocycles. The highest BCUT2D eigenvalue weighted by atomic mass is 16.6. The van der Waals surface area contributed by atoms with Gasteiger partial charge in [-0.2, -0.15) is 0 Å². The first-order chi connectivity index (χ1) is 40.0. The number of allylic oxidation sites excluding steroid dienone is 12. The van der Waals surface area contributed by atoms with Crippen molar-refractivity contribution in [3.63, 3.8) is 0 Å². The molecule has 1 unspecified atom stereocenters. The Morgan fingerprint density at radius 2 is 0.481 bits per heavy atom. The molecule has 0 aliphatic heterocycles. The number of carbonyl (C=O) groups is 3. The van der Waals surface area contributed by atoms with Gasteiger partial charge in [0.25, 0.3) is 0 Å². The zero-order chi connectivity index (χ0) is 58.5.